The molecule has 8 nitrogen and oxygen atoms in total. The number of non-ortho nitro benzene ring substituents is 1. The molecule has 0 bridgehead atoms. The van der Waals surface area contributed by atoms with Crippen molar-refractivity contribution in [3.8, 4) is 11.4 Å². The van der Waals surface area contributed by atoms with Gasteiger partial charge in [-0.05, 0) is 13.0 Å². The Labute approximate surface area is 116 Å². The van der Waals surface area contributed by atoms with Crippen LogP contribution in [0.5, 0.6) is 0 Å². The molecule has 1 aromatic heterocycles. The van der Waals surface area contributed by atoms with Crippen LogP contribution in [0, 0.1) is 22.9 Å². The fourth-order valence-electron chi connectivity index (χ4n) is 1.77. The number of H-pyrrole nitrogens is 1. The first-order valence-corrected chi connectivity index (χ1v) is 5.59. The van der Waals surface area contributed by atoms with Crippen molar-refractivity contribution in [3.63, 3.8) is 0 Å². The van der Waals surface area contributed by atoms with Crippen molar-refractivity contribution in [2.24, 2.45) is 0 Å². The zero-order chi connectivity index (χ0) is 15.7. The predicted molar refractivity (Wildman–Crippen MR) is 68.6 cm³/mol. The van der Waals surface area contributed by atoms with Crippen LogP contribution in [0.15, 0.2) is 23.0 Å². The molecule has 0 aliphatic rings. The van der Waals surface area contributed by atoms with Crippen LogP contribution >= 0.6 is 0 Å². The number of nitro benzene ring substituents is 1. The number of nitrogens with zero attached hydrogens (tertiary/aromatic N) is 2. The van der Waals surface area contributed by atoms with Crippen LogP contribution in [-0.4, -0.2) is 26.0 Å². The molecule has 0 radical (unpaired) electrons. The molecule has 9 heteroatoms. The number of hydrogen-bond acceptors (Lipinski definition) is 5. The molecule has 2 N–H and O–H groups in total. The molecule has 0 atom stereocenters. The highest BCUT2D eigenvalue weighted by atomic mass is 19.1. The van der Waals surface area contributed by atoms with Gasteiger partial charge >= 0.3 is 5.97 Å². The van der Waals surface area contributed by atoms with Gasteiger partial charge in [-0.25, -0.2) is 14.2 Å². The van der Waals surface area contributed by atoms with E-state index in [4.69, 9.17) is 5.11 Å². The van der Waals surface area contributed by atoms with E-state index < -0.39 is 33.5 Å². The Morgan fingerprint density at radius 3 is 2.62 bits per heavy atom. The van der Waals surface area contributed by atoms with E-state index in [-0.39, 0.29) is 17.1 Å². The van der Waals surface area contributed by atoms with E-state index in [1.54, 1.807) is 0 Å². The molecule has 2 aromatic rings. The van der Waals surface area contributed by atoms with Crippen molar-refractivity contribution < 1.29 is 19.2 Å². The minimum Gasteiger partial charge on any atom is -0.477 e. The minimum absolute atomic E-state index is 0.0843. The minimum atomic E-state index is -1.45. The van der Waals surface area contributed by atoms with E-state index in [0.717, 1.165) is 12.1 Å². The van der Waals surface area contributed by atoms with Gasteiger partial charge in [0.25, 0.3) is 11.2 Å². The predicted octanol–water partition coefficient (Wildman–Crippen LogP) is 1.49. The van der Waals surface area contributed by atoms with Crippen molar-refractivity contribution in [3.05, 3.63) is 55.7 Å². The summed E-state index contributed by atoms with van der Waals surface area (Å²) in [5.74, 6) is -2.60. The number of rotatable bonds is 3. The monoisotopic (exact) mass is 293 g/mol. The molecule has 1 heterocycles. The lowest BCUT2D eigenvalue weighted by atomic mass is 10.1. The number of aromatic amines is 1. The summed E-state index contributed by atoms with van der Waals surface area (Å²) in [5, 5.41) is 19.4. The number of halogens is 1. The van der Waals surface area contributed by atoms with E-state index >= 15 is 0 Å². The van der Waals surface area contributed by atoms with Gasteiger partial charge in [0.05, 0.1) is 22.2 Å². The molecule has 0 unspecified atom stereocenters. The van der Waals surface area contributed by atoms with Gasteiger partial charge in [0.2, 0.25) is 0 Å². The van der Waals surface area contributed by atoms with Crippen LogP contribution in [0.4, 0.5) is 10.1 Å². The Morgan fingerprint density at radius 2 is 2.14 bits per heavy atom. The number of carboxylic acid groups (broad SMARTS) is 1. The number of carboxylic acids is 1. The van der Waals surface area contributed by atoms with Crippen LogP contribution in [0.1, 0.15) is 16.1 Å². The molecule has 0 fully saturated rings. The lowest BCUT2D eigenvalue weighted by Gasteiger charge is -2.05. The normalized spacial score (nSPS) is 10.4. The van der Waals surface area contributed by atoms with Crippen LogP contribution < -0.4 is 5.56 Å². The van der Waals surface area contributed by atoms with Crippen molar-refractivity contribution in [1.29, 1.82) is 0 Å². The molecule has 2 rings (SSSR count). The van der Waals surface area contributed by atoms with Crippen molar-refractivity contribution in [2.45, 2.75) is 6.92 Å². The molecule has 0 aliphatic carbocycles. The zero-order valence-corrected chi connectivity index (χ0v) is 10.6. The molecule has 1 aromatic carbocycles. The summed E-state index contributed by atoms with van der Waals surface area (Å²) >= 11 is 0. The summed E-state index contributed by atoms with van der Waals surface area (Å²) in [6.45, 7) is 1.30. The first kappa shape index (κ1) is 14.3. The highest BCUT2D eigenvalue weighted by molar-refractivity contribution is 5.88. The average molecular weight is 293 g/mol. The number of carbonyl (C=O) groups is 1. The summed E-state index contributed by atoms with van der Waals surface area (Å²) in [7, 11) is 0. The lowest BCUT2D eigenvalue weighted by Crippen LogP contribution is -2.21. The van der Waals surface area contributed by atoms with Crippen molar-refractivity contribution >= 4 is 11.7 Å². The summed E-state index contributed by atoms with van der Waals surface area (Å²) in [5.41, 5.74) is -2.17. The smallest absolute Gasteiger partial charge is 0.343 e. The summed E-state index contributed by atoms with van der Waals surface area (Å²) in [4.78, 5) is 38.3. The van der Waals surface area contributed by atoms with E-state index in [9.17, 15) is 24.1 Å². The molecular formula is C12H8FN3O5. The summed E-state index contributed by atoms with van der Waals surface area (Å²) in [6.07, 6.45) is 0. The highest BCUT2D eigenvalue weighted by Gasteiger charge is 2.18. The second-order valence-corrected chi connectivity index (χ2v) is 4.10. The fourth-order valence-corrected chi connectivity index (χ4v) is 1.77. The molecule has 108 valence electrons. The number of nitro groups is 1. The first-order valence-electron chi connectivity index (χ1n) is 5.59. The third-order valence-corrected chi connectivity index (χ3v) is 2.73. The van der Waals surface area contributed by atoms with Gasteiger partial charge in [0.1, 0.15) is 17.2 Å². The SMILES string of the molecule is Cc1nc(-c2ccc([N+](=O)[O-])cc2F)[nH]c(=O)c1C(=O)O. The van der Waals surface area contributed by atoms with E-state index in [1.165, 1.54) is 6.92 Å². The molecule has 0 amide bonds. The van der Waals surface area contributed by atoms with Crippen LogP contribution in [-0.2, 0) is 0 Å². The lowest BCUT2D eigenvalue weighted by molar-refractivity contribution is -0.385. The second kappa shape index (κ2) is 5.12. The maximum Gasteiger partial charge on any atom is 0.343 e. The second-order valence-electron chi connectivity index (χ2n) is 4.10. The van der Waals surface area contributed by atoms with Gasteiger partial charge in [-0.15, -0.1) is 0 Å². The molecular weight excluding hydrogens is 285 g/mol. The quantitative estimate of drug-likeness (QED) is 0.652. The van der Waals surface area contributed by atoms with Gasteiger partial charge in [0, 0.05) is 6.07 Å². The maximum absolute atomic E-state index is 13.8. The van der Waals surface area contributed by atoms with E-state index in [2.05, 4.69) is 9.97 Å². The highest BCUT2D eigenvalue weighted by Crippen LogP contribution is 2.23. The Kier molecular flexibility index (Phi) is 3.49. The number of benzene rings is 1. The molecule has 0 spiro atoms. The summed E-state index contributed by atoms with van der Waals surface area (Å²) in [6, 6.07) is 2.83. The molecule has 21 heavy (non-hydrogen) atoms. The number of aryl methyl sites for hydroxylation is 1. The third kappa shape index (κ3) is 2.61. The Morgan fingerprint density at radius 1 is 1.48 bits per heavy atom. The first-order chi connectivity index (χ1) is 9.81. The fraction of sp³-hybridized carbons (Fsp3) is 0.0833. The topological polar surface area (TPSA) is 126 Å². The maximum atomic E-state index is 13.8. The number of aromatic carboxylic acids is 1. The van der Waals surface area contributed by atoms with Crippen molar-refractivity contribution in [1.82, 2.24) is 9.97 Å². The van der Waals surface area contributed by atoms with Gasteiger partial charge in [-0.3, -0.25) is 14.9 Å². The number of aromatic nitrogens is 2. The molecule has 0 saturated carbocycles. The van der Waals surface area contributed by atoms with Crippen LogP contribution in [0.25, 0.3) is 11.4 Å². The average Bonchev–Trinajstić information content (AvgIpc) is 2.36. The largest absolute Gasteiger partial charge is 0.477 e. The van der Waals surface area contributed by atoms with Crippen LogP contribution in [0.3, 0.4) is 0 Å². The Balaban J connectivity index is 2.61. The number of hydrogen-bond donors (Lipinski definition) is 2. The molecule has 0 aliphatic heterocycles. The standard InChI is InChI=1S/C12H8FN3O5/c1-5-9(12(18)19)11(17)15-10(14-5)7-3-2-6(16(20)21)4-8(7)13/h2-4H,1H3,(H,18,19)(H,14,15,17). The van der Waals surface area contributed by atoms with Crippen LogP contribution in [0.2, 0.25) is 0 Å². The van der Waals surface area contributed by atoms with Gasteiger partial charge in [-0.2, -0.15) is 0 Å². The zero-order valence-electron chi connectivity index (χ0n) is 10.6. The third-order valence-electron chi connectivity index (χ3n) is 2.73. The van der Waals surface area contributed by atoms with Gasteiger partial charge in [-0.1, -0.05) is 0 Å². The van der Waals surface area contributed by atoms with E-state index in [1.807, 2.05) is 0 Å². The van der Waals surface area contributed by atoms with E-state index in [0.29, 0.717) is 6.07 Å². The summed E-state index contributed by atoms with van der Waals surface area (Å²) < 4.78 is 13.8. The Hall–Kier alpha value is -3.10. The van der Waals surface area contributed by atoms with Gasteiger partial charge in [0.15, 0.2) is 0 Å². The van der Waals surface area contributed by atoms with Crippen molar-refractivity contribution in [2.75, 3.05) is 0 Å². The Bertz CT molecular complexity index is 815. The van der Waals surface area contributed by atoms with Gasteiger partial charge < -0.3 is 10.1 Å². The molecule has 0 saturated heterocycles. The number of nitrogens with one attached hydrogen (secondary N) is 1.